The summed E-state index contributed by atoms with van der Waals surface area (Å²) in [4.78, 5) is 0. The number of nitrogens with zero attached hydrogens (tertiary/aromatic N) is 1. The quantitative estimate of drug-likeness (QED) is 0.136. The highest BCUT2D eigenvalue weighted by molar-refractivity contribution is 6.12. The van der Waals surface area contributed by atoms with Crippen LogP contribution in [0.3, 0.4) is 0 Å². The van der Waals surface area contributed by atoms with Crippen LogP contribution in [0.1, 0.15) is 0 Å². The van der Waals surface area contributed by atoms with Gasteiger partial charge in [-0.2, -0.15) is 0 Å². The number of aromatic nitrogens is 1. The Labute approximate surface area is 392 Å². The van der Waals surface area contributed by atoms with Gasteiger partial charge in [-0.1, -0.05) is 231 Å². The van der Waals surface area contributed by atoms with Crippen LogP contribution in [0.4, 0.5) is 0 Å². The summed E-state index contributed by atoms with van der Waals surface area (Å²) >= 11 is 0. The van der Waals surface area contributed by atoms with Crippen molar-refractivity contribution in [3.05, 3.63) is 273 Å². The summed E-state index contributed by atoms with van der Waals surface area (Å²) in [6.45, 7) is 0. The zero-order valence-electron chi connectivity index (χ0n) is 36.9. The van der Waals surface area contributed by atoms with Gasteiger partial charge < -0.3 is 4.57 Å². The first kappa shape index (κ1) is 39.8. The van der Waals surface area contributed by atoms with Crippen LogP contribution in [0.25, 0.3) is 117 Å². The predicted octanol–water partition coefficient (Wildman–Crippen LogP) is 18.1. The number of hydrogen-bond acceptors (Lipinski definition) is 0. The van der Waals surface area contributed by atoms with E-state index in [4.69, 9.17) is 0 Å². The second-order valence-corrected chi connectivity index (χ2v) is 17.3. The van der Waals surface area contributed by atoms with Gasteiger partial charge in [0.25, 0.3) is 0 Å². The highest BCUT2D eigenvalue weighted by atomic mass is 15.0. The van der Waals surface area contributed by atoms with Crippen LogP contribution in [0.2, 0.25) is 0 Å². The molecule has 0 bridgehead atoms. The van der Waals surface area contributed by atoms with Gasteiger partial charge in [0.2, 0.25) is 0 Å². The maximum absolute atomic E-state index is 2.47. The van der Waals surface area contributed by atoms with Crippen LogP contribution < -0.4 is 0 Å². The average Bonchev–Trinajstić information content (AvgIpc) is 3.75. The molecule has 1 heterocycles. The van der Waals surface area contributed by atoms with Gasteiger partial charge in [-0.05, 0) is 131 Å². The molecule has 0 aliphatic heterocycles. The standard InChI is InChI=1S/C66H45N/c1-5-13-46(14-6-1)50-21-29-54(30-22-50)58-37-39-65-63(44-58)64-45-59(55-31-23-51(24-32-55)47-15-7-2-8-16-47)38-40-66(64)67(65)62-42-60(56-33-25-52(26-34-56)48-17-9-3-10-18-48)41-61(43-62)57-35-27-53(28-36-57)49-19-11-4-12-20-49/h1-45H. The maximum Gasteiger partial charge on any atom is 0.0541 e. The monoisotopic (exact) mass is 851 g/mol. The van der Waals surface area contributed by atoms with Crippen molar-refractivity contribution in [2.45, 2.75) is 0 Å². The summed E-state index contributed by atoms with van der Waals surface area (Å²) in [7, 11) is 0. The van der Waals surface area contributed by atoms with Gasteiger partial charge in [-0.15, -0.1) is 0 Å². The van der Waals surface area contributed by atoms with Crippen LogP contribution in [0, 0.1) is 0 Å². The van der Waals surface area contributed by atoms with Crippen molar-refractivity contribution in [2.75, 3.05) is 0 Å². The van der Waals surface area contributed by atoms with Crippen LogP contribution in [-0.4, -0.2) is 4.57 Å². The molecule has 0 aliphatic carbocycles. The molecule has 314 valence electrons. The Morgan fingerprint density at radius 2 is 0.388 bits per heavy atom. The van der Waals surface area contributed by atoms with Gasteiger partial charge in [-0.25, -0.2) is 0 Å². The molecule has 0 saturated carbocycles. The fourth-order valence-corrected chi connectivity index (χ4v) is 9.68. The normalized spacial score (nSPS) is 11.3. The molecular formula is C66H45N. The van der Waals surface area contributed by atoms with Gasteiger partial charge in [0.1, 0.15) is 0 Å². The third-order valence-electron chi connectivity index (χ3n) is 13.2. The Balaban J connectivity index is 1.02. The predicted molar refractivity (Wildman–Crippen MR) is 284 cm³/mol. The highest BCUT2D eigenvalue weighted by Gasteiger charge is 2.17. The average molecular weight is 852 g/mol. The molecule has 0 unspecified atom stereocenters. The first-order valence-electron chi connectivity index (χ1n) is 23.1. The zero-order chi connectivity index (χ0) is 44.5. The SMILES string of the molecule is c1ccc(-c2ccc(-c3cc(-c4ccc(-c5ccccc5)cc4)cc(-n4c5ccc(-c6ccc(-c7ccccc7)cc6)cc5c5cc(-c6ccc(-c7ccccc7)cc6)ccc54)c3)cc2)cc1. The van der Waals surface area contributed by atoms with E-state index in [0.717, 1.165) is 16.7 Å². The molecule has 67 heavy (non-hydrogen) atoms. The Morgan fingerprint density at radius 3 is 0.672 bits per heavy atom. The molecule has 0 spiro atoms. The lowest BCUT2D eigenvalue weighted by atomic mass is 9.95. The highest BCUT2D eigenvalue weighted by Crippen LogP contribution is 2.40. The van der Waals surface area contributed by atoms with E-state index in [0.29, 0.717) is 0 Å². The maximum atomic E-state index is 2.47. The smallest absolute Gasteiger partial charge is 0.0541 e. The molecule has 1 nitrogen and oxygen atoms in total. The lowest BCUT2D eigenvalue weighted by Gasteiger charge is -2.15. The molecule has 0 saturated heterocycles. The van der Waals surface area contributed by atoms with E-state index in [1.165, 1.54) is 99.8 Å². The van der Waals surface area contributed by atoms with E-state index in [1.807, 2.05) is 0 Å². The molecule has 1 aromatic heterocycles. The molecule has 11 aromatic carbocycles. The van der Waals surface area contributed by atoms with Crippen molar-refractivity contribution >= 4 is 21.8 Å². The summed E-state index contributed by atoms with van der Waals surface area (Å²) in [6, 6.07) is 99.5. The van der Waals surface area contributed by atoms with E-state index in [9.17, 15) is 0 Å². The first-order chi connectivity index (χ1) is 33.2. The van der Waals surface area contributed by atoms with Crippen molar-refractivity contribution in [1.82, 2.24) is 4.57 Å². The van der Waals surface area contributed by atoms with Crippen LogP contribution in [-0.2, 0) is 0 Å². The number of fused-ring (bicyclic) bond motifs is 3. The zero-order valence-corrected chi connectivity index (χ0v) is 36.9. The summed E-state index contributed by atoms with van der Waals surface area (Å²) in [5, 5.41) is 2.43. The van der Waals surface area contributed by atoms with E-state index in [-0.39, 0.29) is 0 Å². The van der Waals surface area contributed by atoms with Gasteiger partial charge in [0.05, 0.1) is 11.0 Å². The van der Waals surface area contributed by atoms with Crippen molar-refractivity contribution in [3.63, 3.8) is 0 Å². The summed E-state index contributed by atoms with van der Waals surface area (Å²) in [5.74, 6) is 0. The van der Waals surface area contributed by atoms with Crippen molar-refractivity contribution in [3.8, 4) is 94.7 Å². The summed E-state index contributed by atoms with van der Waals surface area (Å²) in [5.41, 5.74) is 22.6. The lowest BCUT2D eigenvalue weighted by molar-refractivity contribution is 1.18. The van der Waals surface area contributed by atoms with E-state index in [2.05, 4.69) is 278 Å². The molecule has 0 amide bonds. The lowest BCUT2D eigenvalue weighted by Crippen LogP contribution is -1.96. The van der Waals surface area contributed by atoms with Crippen LogP contribution >= 0.6 is 0 Å². The van der Waals surface area contributed by atoms with Gasteiger partial charge in [0.15, 0.2) is 0 Å². The number of rotatable bonds is 9. The third-order valence-corrected chi connectivity index (χ3v) is 13.2. The van der Waals surface area contributed by atoms with Gasteiger partial charge >= 0.3 is 0 Å². The molecule has 1 heteroatoms. The molecule has 0 radical (unpaired) electrons. The second kappa shape index (κ2) is 17.3. The van der Waals surface area contributed by atoms with Crippen LogP contribution in [0.5, 0.6) is 0 Å². The summed E-state index contributed by atoms with van der Waals surface area (Å²) < 4.78 is 2.47. The van der Waals surface area contributed by atoms with Gasteiger partial charge in [-0.3, -0.25) is 0 Å². The van der Waals surface area contributed by atoms with Crippen molar-refractivity contribution < 1.29 is 0 Å². The Bertz CT molecular complexity index is 3400. The minimum atomic E-state index is 1.12. The molecule has 0 fully saturated rings. The van der Waals surface area contributed by atoms with Crippen molar-refractivity contribution in [2.24, 2.45) is 0 Å². The molecule has 0 N–H and O–H groups in total. The molecule has 12 aromatic rings. The van der Waals surface area contributed by atoms with Crippen molar-refractivity contribution in [1.29, 1.82) is 0 Å². The summed E-state index contributed by atoms with van der Waals surface area (Å²) in [6.07, 6.45) is 0. The fourth-order valence-electron chi connectivity index (χ4n) is 9.68. The number of hydrogen-bond donors (Lipinski definition) is 0. The molecule has 12 rings (SSSR count). The third kappa shape index (κ3) is 7.84. The topological polar surface area (TPSA) is 4.93 Å². The number of benzene rings is 11. The molecule has 0 aliphatic rings. The van der Waals surface area contributed by atoms with E-state index < -0.39 is 0 Å². The Kier molecular flexibility index (Phi) is 10.3. The largest absolute Gasteiger partial charge is 0.309 e. The minimum absolute atomic E-state index is 1.12. The Hall–Kier alpha value is -8.78. The molecule has 0 atom stereocenters. The van der Waals surface area contributed by atoms with Gasteiger partial charge in [0, 0.05) is 16.5 Å². The Morgan fingerprint density at radius 1 is 0.164 bits per heavy atom. The van der Waals surface area contributed by atoms with E-state index >= 15 is 0 Å². The molecular weight excluding hydrogens is 807 g/mol. The van der Waals surface area contributed by atoms with Crippen LogP contribution in [0.15, 0.2) is 273 Å². The fraction of sp³-hybridized carbons (Fsp3) is 0. The second-order valence-electron chi connectivity index (χ2n) is 17.3. The first-order valence-corrected chi connectivity index (χ1v) is 23.1. The minimum Gasteiger partial charge on any atom is -0.309 e. The van der Waals surface area contributed by atoms with E-state index in [1.54, 1.807) is 0 Å².